The number of aromatic amines is 1. The number of pyridine rings is 1. The molecule has 5 heterocycles. The van der Waals surface area contributed by atoms with E-state index in [1.165, 1.54) is 55.5 Å². The van der Waals surface area contributed by atoms with E-state index in [0.29, 0.717) is 0 Å². The first-order valence-electron chi connectivity index (χ1n) is 16.5. The Balaban J connectivity index is 0.000000118. The molecule has 0 aliphatic carbocycles. The van der Waals surface area contributed by atoms with Crippen LogP contribution in [0.1, 0.15) is 0 Å². The summed E-state index contributed by atoms with van der Waals surface area (Å²) in [5.74, 6) is 0.918. The number of imidazole rings is 2. The second kappa shape index (κ2) is 13.3. The summed E-state index contributed by atoms with van der Waals surface area (Å²) < 4.78 is 2.03. The van der Waals surface area contributed by atoms with Crippen LogP contribution in [-0.2, 0) is 0 Å². The molecule has 0 unspecified atom stereocenters. The SMILES string of the molecule is Clc1nccnc1Cl.c1ccc2c(c1)c1ccccc1c1c2c2nccnc2n2ccnc12.c1ccc2c(c1)cc(-c1ncc[nH]1)c1ccccc12. The lowest BCUT2D eigenvalue weighted by Gasteiger charge is -2.13. The Morgan fingerprint density at radius 1 is 0.462 bits per heavy atom. The summed E-state index contributed by atoms with van der Waals surface area (Å²) in [5.41, 5.74) is 3.82. The van der Waals surface area contributed by atoms with E-state index in [0.717, 1.165) is 39.0 Å². The summed E-state index contributed by atoms with van der Waals surface area (Å²) in [7, 11) is 0. The number of rotatable bonds is 1. The van der Waals surface area contributed by atoms with Crippen LogP contribution in [-0.4, -0.2) is 39.3 Å². The number of benzene rings is 6. The number of hydrogen-bond acceptors (Lipinski definition) is 6. The highest BCUT2D eigenvalue weighted by Crippen LogP contribution is 2.39. The summed E-state index contributed by atoms with van der Waals surface area (Å²) >= 11 is 10.8. The summed E-state index contributed by atoms with van der Waals surface area (Å²) in [6.45, 7) is 0. The van der Waals surface area contributed by atoms with E-state index in [4.69, 9.17) is 23.2 Å². The number of aromatic nitrogens is 8. The molecule has 52 heavy (non-hydrogen) atoms. The number of nitrogens with one attached hydrogen (secondary N) is 1. The molecule has 0 atom stereocenters. The summed E-state index contributed by atoms with van der Waals surface area (Å²) in [6.07, 6.45) is 13.9. The first-order valence-corrected chi connectivity index (χ1v) is 17.2. The lowest BCUT2D eigenvalue weighted by molar-refractivity contribution is 1.17. The van der Waals surface area contributed by atoms with Crippen LogP contribution < -0.4 is 0 Å². The molecule has 0 bridgehead atoms. The molecule has 0 amide bonds. The topological polar surface area (TPSA) is 97.5 Å². The Morgan fingerprint density at radius 2 is 1.00 bits per heavy atom. The van der Waals surface area contributed by atoms with E-state index in [-0.39, 0.29) is 10.3 Å². The van der Waals surface area contributed by atoms with Gasteiger partial charge in [-0.15, -0.1) is 0 Å². The molecule has 248 valence electrons. The van der Waals surface area contributed by atoms with Crippen molar-refractivity contribution in [3.8, 4) is 11.4 Å². The minimum atomic E-state index is 0.245. The quantitative estimate of drug-likeness (QED) is 0.170. The highest BCUT2D eigenvalue weighted by atomic mass is 35.5. The van der Waals surface area contributed by atoms with E-state index >= 15 is 0 Å². The smallest absolute Gasteiger partial charge is 0.166 e. The minimum Gasteiger partial charge on any atom is -0.345 e. The Bertz CT molecular complexity index is 3040. The van der Waals surface area contributed by atoms with Crippen LogP contribution in [0.3, 0.4) is 0 Å². The maximum atomic E-state index is 5.40. The second-order valence-electron chi connectivity index (χ2n) is 12.0. The van der Waals surface area contributed by atoms with Crippen LogP contribution in [0.2, 0.25) is 10.3 Å². The molecule has 11 rings (SSSR count). The zero-order valence-electron chi connectivity index (χ0n) is 27.3. The van der Waals surface area contributed by atoms with Crippen molar-refractivity contribution in [2.75, 3.05) is 0 Å². The largest absolute Gasteiger partial charge is 0.345 e. The second-order valence-corrected chi connectivity index (χ2v) is 12.7. The molecule has 0 saturated heterocycles. The number of halogens is 2. The van der Waals surface area contributed by atoms with Crippen molar-refractivity contribution >= 4 is 93.9 Å². The maximum absolute atomic E-state index is 5.40. The van der Waals surface area contributed by atoms with Gasteiger partial charge in [0.25, 0.3) is 0 Å². The van der Waals surface area contributed by atoms with Gasteiger partial charge in [-0.2, -0.15) is 0 Å². The van der Waals surface area contributed by atoms with Crippen molar-refractivity contribution in [3.63, 3.8) is 0 Å². The molecule has 8 nitrogen and oxygen atoms in total. The number of nitrogens with zero attached hydrogens (tertiary/aromatic N) is 7. The van der Waals surface area contributed by atoms with E-state index in [1.54, 1.807) is 18.6 Å². The molecular weight excluding hydrogens is 687 g/mol. The van der Waals surface area contributed by atoms with E-state index in [9.17, 15) is 0 Å². The first kappa shape index (κ1) is 31.5. The van der Waals surface area contributed by atoms with Gasteiger partial charge in [0, 0.05) is 65.9 Å². The van der Waals surface area contributed by atoms with Crippen LogP contribution in [0.4, 0.5) is 0 Å². The van der Waals surface area contributed by atoms with Crippen LogP contribution in [0.15, 0.2) is 153 Å². The van der Waals surface area contributed by atoms with Gasteiger partial charge in [-0.25, -0.2) is 24.9 Å². The van der Waals surface area contributed by atoms with Gasteiger partial charge in [-0.05, 0) is 49.2 Å². The average molecular weight is 714 g/mol. The van der Waals surface area contributed by atoms with Gasteiger partial charge in [0.15, 0.2) is 16.0 Å². The highest BCUT2D eigenvalue weighted by molar-refractivity contribution is 6.40. The van der Waals surface area contributed by atoms with Crippen molar-refractivity contribution in [1.82, 2.24) is 39.3 Å². The number of hydrogen-bond donors (Lipinski definition) is 1. The fraction of sp³-hybridized carbons (Fsp3) is 0. The molecule has 1 N–H and O–H groups in total. The first-order chi connectivity index (χ1) is 25.7. The van der Waals surface area contributed by atoms with Gasteiger partial charge in [0.2, 0.25) is 0 Å². The van der Waals surface area contributed by atoms with Crippen molar-refractivity contribution in [2.45, 2.75) is 0 Å². The predicted octanol–water partition coefficient (Wildman–Crippen LogP) is 10.9. The molecule has 5 aromatic heterocycles. The van der Waals surface area contributed by atoms with E-state index in [2.05, 4.69) is 138 Å². The third kappa shape index (κ3) is 5.42. The molecule has 0 saturated carbocycles. The van der Waals surface area contributed by atoms with Crippen molar-refractivity contribution in [3.05, 3.63) is 163 Å². The van der Waals surface area contributed by atoms with Gasteiger partial charge in [0.1, 0.15) is 17.0 Å². The third-order valence-electron chi connectivity index (χ3n) is 9.08. The van der Waals surface area contributed by atoms with Gasteiger partial charge in [-0.3, -0.25) is 9.38 Å². The molecule has 0 spiro atoms. The van der Waals surface area contributed by atoms with Crippen LogP contribution in [0.5, 0.6) is 0 Å². The van der Waals surface area contributed by atoms with Crippen molar-refractivity contribution in [1.29, 1.82) is 0 Å². The summed E-state index contributed by atoms with van der Waals surface area (Å²) in [4.78, 5) is 28.8. The van der Waals surface area contributed by atoms with Gasteiger partial charge >= 0.3 is 0 Å². The Kier molecular flexibility index (Phi) is 8.08. The zero-order chi connectivity index (χ0) is 35.0. The summed E-state index contributed by atoms with van der Waals surface area (Å²) in [5, 5.41) is 12.6. The van der Waals surface area contributed by atoms with Crippen LogP contribution in [0.25, 0.3) is 82.1 Å². The number of H-pyrrole nitrogens is 1. The van der Waals surface area contributed by atoms with Crippen LogP contribution >= 0.6 is 23.2 Å². The van der Waals surface area contributed by atoms with Crippen molar-refractivity contribution < 1.29 is 0 Å². The fourth-order valence-corrected chi connectivity index (χ4v) is 7.14. The fourth-order valence-electron chi connectivity index (χ4n) is 6.93. The highest BCUT2D eigenvalue weighted by Gasteiger charge is 2.17. The molecule has 6 aromatic carbocycles. The van der Waals surface area contributed by atoms with Crippen molar-refractivity contribution in [2.24, 2.45) is 0 Å². The lowest BCUT2D eigenvalue weighted by Crippen LogP contribution is -1.96. The monoisotopic (exact) mass is 712 g/mol. The Morgan fingerprint density at radius 3 is 1.65 bits per heavy atom. The standard InChI is InChI=1S/C21H12N4.C17H12N2.C4H2Cl2N2/c1-3-7-15-13(5-1)14-6-2-4-8-16(14)18-17(15)19-21(23-10-9-22-19)25-12-11-24-20(18)25;1-2-6-13-12(5-1)11-16(17-18-9-10-19-17)15-8-4-3-7-14(13)15;5-3-4(6)8-2-1-7-3/h1-12H;1-11H,(H,18,19);1-2H. The summed E-state index contributed by atoms with van der Waals surface area (Å²) in [6, 6.07) is 36.2. The maximum Gasteiger partial charge on any atom is 0.166 e. The molecule has 0 aliphatic rings. The Hall–Kier alpha value is -6.48. The lowest BCUT2D eigenvalue weighted by atomic mass is 9.94. The molecule has 10 heteroatoms. The molecule has 0 radical (unpaired) electrons. The molecule has 0 aliphatic heterocycles. The minimum absolute atomic E-state index is 0.245. The van der Waals surface area contributed by atoms with Gasteiger partial charge < -0.3 is 4.98 Å². The predicted molar refractivity (Wildman–Crippen MR) is 212 cm³/mol. The Labute approximate surface area is 306 Å². The molecule has 0 fully saturated rings. The molecular formula is C42H26Cl2N8. The van der Waals surface area contributed by atoms with Gasteiger partial charge in [0.05, 0.1) is 0 Å². The van der Waals surface area contributed by atoms with Crippen LogP contribution in [0, 0.1) is 0 Å². The van der Waals surface area contributed by atoms with Gasteiger partial charge in [-0.1, -0.05) is 120 Å². The molecule has 11 aromatic rings. The normalized spacial score (nSPS) is 11.3. The van der Waals surface area contributed by atoms with E-state index in [1.807, 2.05) is 23.0 Å². The third-order valence-corrected chi connectivity index (χ3v) is 9.73. The zero-order valence-corrected chi connectivity index (χ0v) is 28.8. The number of fused-ring (bicyclic) bond motifs is 14. The van der Waals surface area contributed by atoms with E-state index < -0.39 is 0 Å². The average Bonchev–Trinajstić information content (AvgIpc) is 3.93.